The molecule has 0 unspecified atom stereocenters. The van der Waals surface area contributed by atoms with E-state index in [4.69, 9.17) is 4.42 Å². The topological polar surface area (TPSA) is 71.3 Å². The highest BCUT2D eigenvalue weighted by molar-refractivity contribution is 7.89. The molecule has 0 fully saturated rings. The Morgan fingerprint density at radius 1 is 1.38 bits per heavy atom. The van der Waals surface area contributed by atoms with Gasteiger partial charge in [-0.15, -0.1) is 0 Å². The average Bonchev–Trinajstić information content (AvgIpc) is 2.64. The molecule has 0 aliphatic rings. The van der Waals surface area contributed by atoms with Crippen LogP contribution < -0.4 is 10.0 Å². The second kappa shape index (κ2) is 6.03. The van der Waals surface area contributed by atoms with Crippen molar-refractivity contribution in [3.8, 4) is 0 Å². The van der Waals surface area contributed by atoms with Gasteiger partial charge < -0.3 is 9.73 Å². The molecule has 5 nitrogen and oxygen atoms in total. The highest BCUT2D eigenvalue weighted by Crippen LogP contribution is 2.07. The molecular formula is C10H18N2O3S. The molecule has 6 heteroatoms. The van der Waals surface area contributed by atoms with Crippen LogP contribution in [0.1, 0.15) is 18.2 Å². The first kappa shape index (κ1) is 13.2. The molecule has 0 saturated heterocycles. The summed E-state index contributed by atoms with van der Waals surface area (Å²) in [5.41, 5.74) is 1.10. The fourth-order valence-corrected chi connectivity index (χ4v) is 1.80. The third-order valence-electron chi connectivity index (χ3n) is 2.26. The van der Waals surface area contributed by atoms with E-state index in [2.05, 4.69) is 10.0 Å². The second-order valence-corrected chi connectivity index (χ2v) is 5.60. The van der Waals surface area contributed by atoms with E-state index in [1.54, 1.807) is 13.2 Å². The van der Waals surface area contributed by atoms with Crippen molar-refractivity contribution in [2.24, 2.45) is 0 Å². The van der Waals surface area contributed by atoms with E-state index >= 15 is 0 Å². The number of sulfonamides is 1. The van der Waals surface area contributed by atoms with Crippen LogP contribution in [0.25, 0.3) is 0 Å². The Hall–Kier alpha value is -0.850. The van der Waals surface area contributed by atoms with E-state index in [1.807, 2.05) is 13.0 Å². The Bertz CT molecular complexity index is 411. The molecule has 1 heterocycles. The van der Waals surface area contributed by atoms with Gasteiger partial charge in [0.25, 0.3) is 0 Å². The molecule has 0 saturated carbocycles. The van der Waals surface area contributed by atoms with Gasteiger partial charge in [0.1, 0.15) is 5.76 Å². The van der Waals surface area contributed by atoms with Crippen molar-refractivity contribution < 1.29 is 12.8 Å². The number of nitrogens with one attached hydrogen (secondary N) is 2. The van der Waals surface area contributed by atoms with Crippen molar-refractivity contribution >= 4 is 10.0 Å². The molecular weight excluding hydrogens is 228 g/mol. The third kappa shape index (κ3) is 4.34. The van der Waals surface area contributed by atoms with Gasteiger partial charge in [-0.2, -0.15) is 0 Å². The molecule has 0 aliphatic carbocycles. The van der Waals surface area contributed by atoms with Gasteiger partial charge in [0.2, 0.25) is 10.0 Å². The van der Waals surface area contributed by atoms with E-state index in [0.717, 1.165) is 11.3 Å². The Morgan fingerprint density at radius 2 is 2.12 bits per heavy atom. The largest absolute Gasteiger partial charge is 0.468 e. The lowest BCUT2D eigenvalue weighted by Crippen LogP contribution is -2.32. The van der Waals surface area contributed by atoms with Crippen LogP contribution in [0.15, 0.2) is 16.7 Å². The van der Waals surface area contributed by atoms with Crippen LogP contribution in [0.2, 0.25) is 0 Å². The second-order valence-electron chi connectivity index (χ2n) is 3.50. The zero-order valence-corrected chi connectivity index (χ0v) is 10.4. The molecule has 0 radical (unpaired) electrons. The van der Waals surface area contributed by atoms with Gasteiger partial charge in [-0.1, -0.05) is 0 Å². The molecule has 0 atom stereocenters. The number of aryl methyl sites for hydroxylation is 1. The van der Waals surface area contributed by atoms with Crippen molar-refractivity contribution in [1.82, 2.24) is 10.0 Å². The molecule has 92 valence electrons. The molecule has 16 heavy (non-hydrogen) atoms. The molecule has 1 aromatic rings. The smallest absolute Gasteiger partial charge is 0.211 e. The van der Waals surface area contributed by atoms with Gasteiger partial charge in [-0.3, -0.25) is 0 Å². The lowest BCUT2D eigenvalue weighted by Gasteiger charge is -2.05. The highest BCUT2D eigenvalue weighted by atomic mass is 32.2. The number of hydrogen-bond donors (Lipinski definition) is 2. The Kier molecular flexibility index (Phi) is 4.98. The fraction of sp³-hybridized carbons (Fsp3) is 0.600. The van der Waals surface area contributed by atoms with Gasteiger partial charge in [0.15, 0.2) is 0 Å². The fourth-order valence-electron chi connectivity index (χ4n) is 1.18. The van der Waals surface area contributed by atoms with Gasteiger partial charge in [-0.05, 0) is 25.5 Å². The maximum Gasteiger partial charge on any atom is 0.211 e. The predicted octanol–water partition coefficient (Wildman–Crippen LogP) is 0.617. The molecule has 2 N–H and O–H groups in total. The molecule has 1 aromatic heterocycles. The van der Waals surface area contributed by atoms with Gasteiger partial charge in [0.05, 0.1) is 18.6 Å². The van der Waals surface area contributed by atoms with Crippen LogP contribution >= 0.6 is 0 Å². The predicted molar refractivity (Wildman–Crippen MR) is 62.6 cm³/mol. The normalized spacial score (nSPS) is 11.9. The Labute approximate surface area is 96.3 Å². The van der Waals surface area contributed by atoms with Crippen LogP contribution in [0.5, 0.6) is 0 Å². The third-order valence-corrected chi connectivity index (χ3v) is 3.66. The van der Waals surface area contributed by atoms with E-state index in [-0.39, 0.29) is 5.75 Å². The van der Waals surface area contributed by atoms with Crippen molar-refractivity contribution in [2.75, 3.05) is 18.8 Å². The summed E-state index contributed by atoms with van der Waals surface area (Å²) in [6.07, 6.45) is 1.64. The summed E-state index contributed by atoms with van der Waals surface area (Å²) in [6.45, 7) is 5.18. The van der Waals surface area contributed by atoms with Crippen LogP contribution in [0, 0.1) is 6.92 Å². The van der Waals surface area contributed by atoms with Crippen molar-refractivity contribution in [3.63, 3.8) is 0 Å². The monoisotopic (exact) mass is 246 g/mol. The minimum atomic E-state index is -3.08. The van der Waals surface area contributed by atoms with E-state index in [9.17, 15) is 8.42 Å². The molecule has 1 rings (SSSR count). The maximum absolute atomic E-state index is 11.1. The van der Waals surface area contributed by atoms with Crippen molar-refractivity contribution in [1.29, 1.82) is 0 Å². The number of hydrogen-bond acceptors (Lipinski definition) is 4. The lowest BCUT2D eigenvalue weighted by molar-refractivity contribution is 0.480. The maximum atomic E-state index is 11.1. The summed E-state index contributed by atoms with van der Waals surface area (Å²) in [5.74, 6) is 1.00. The minimum absolute atomic E-state index is 0.115. The lowest BCUT2D eigenvalue weighted by atomic mass is 10.3. The first-order valence-corrected chi connectivity index (χ1v) is 6.91. The summed E-state index contributed by atoms with van der Waals surface area (Å²) in [5, 5.41) is 3.10. The Balaban J connectivity index is 2.16. The zero-order valence-electron chi connectivity index (χ0n) is 9.62. The molecule has 0 amide bonds. The molecule has 0 bridgehead atoms. The minimum Gasteiger partial charge on any atom is -0.468 e. The van der Waals surface area contributed by atoms with Gasteiger partial charge in [0, 0.05) is 13.1 Å². The SMILES string of the molecule is CCS(=O)(=O)NCCNCc1occc1C. The first-order valence-electron chi connectivity index (χ1n) is 5.26. The standard InChI is InChI=1S/C10H18N2O3S/c1-3-16(13,14)12-6-5-11-8-10-9(2)4-7-15-10/h4,7,11-12H,3,5-6,8H2,1-2H3. The molecule has 0 aromatic carbocycles. The van der Waals surface area contributed by atoms with Crippen LogP contribution in [0.3, 0.4) is 0 Å². The average molecular weight is 246 g/mol. The van der Waals surface area contributed by atoms with Gasteiger partial charge in [-0.25, -0.2) is 13.1 Å². The van der Waals surface area contributed by atoms with Crippen LogP contribution in [0.4, 0.5) is 0 Å². The van der Waals surface area contributed by atoms with E-state index < -0.39 is 10.0 Å². The first-order chi connectivity index (χ1) is 7.55. The molecule has 0 aliphatic heterocycles. The number of rotatable bonds is 7. The van der Waals surface area contributed by atoms with E-state index in [0.29, 0.717) is 19.6 Å². The van der Waals surface area contributed by atoms with Crippen LogP contribution in [-0.2, 0) is 16.6 Å². The van der Waals surface area contributed by atoms with Crippen LogP contribution in [-0.4, -0.2) is 27.3 Å². The summed E-state index contributed by atoms with van der Waals surface area (Å²) in [6, 6.07) is 1.90. The summed E-state index contributed by atoms with van der Waals surface area (Å²) in [7, 11) is -3.08. The summed E-state index contributed by atoms with van der Waals surface area (Å²) < 4.78 is 29.9. The quantitative estimate of drug-likeness (QED) is 0.692. The Morgan fingerprint density at radius 3 is 2.69 bits per heavy atom. The highest BCUT2D eigenvalue weighted by Gasteiger charge is 2.04. The zero-order chi connectivity index (χ0) is 12.0. The van der Waals surface area contributed by atoms with Crippen molar-refractivity contribution in [2.45, 2.75) is 20.4 Å². The summed E-state index contributed by atoms with van der Waals surface area (Å²) in [4.78, 5) is 0. The molecule has 0 spiro atoms. The van der Waals surface area contributed by atoms with Crippen molar-refractivity contribution in [3.05, 3.63) is 23.7 Å². The van der Waals surface area contributed by atoms with Gasteiger partial charge >= 0.3 is 0 Å². The summed E-state index contributed by atoms with van der Waals surface area (Å²) >= 11 is 0. The van der Waals surface area contributed by atoms with E-state index in [1.165, 1.54) is 0 Å². The number of furan rings is 1.